The number of hydrogen-bond acceptors (Lipinski definition) is 2. The Hall–Kier alpha value is -1.22. The van der Waals surface area contributed by atoms with Gasteiger partial charge in [-0.05, 0) is 24.3 Å². The van der Waals surface area contributed by atoms with E-state index in [2.05, 4.69) is 17.3 Å². The van der Waals surface area contributed by atoms with Crippen molar-refractivity contribution in [2.24, 2.45) is 0 Å². The fourth-order valence-corrected chi connectivity index (χ4v) is 1.99. The summed E-state index contributed by atoms with van der Waals surface area (Å²) >= 11 is 0. The van der Waals surface area contributed by atoms with E-state index in [0.29, 0.717) is 11.8 Å². The molecule has 1 atom stereocenters. The summed E-state index contributed by atoms with van der Waals surface area (Å²) in [5.74, 6) is 0.333. The van der Waals surface area contributed by atoms with Crippen LogP contribution in [0.15, 0.2) is 24.3 Å². The van der Waals surface area contributed by atoms with Gasteiger partial charge in [0.25, 0.3) is 0 Å². The maximum absolute atomic E-state index is 9.18. The van der Waals surface area contributed by atoms with E-state index in [1.165, 1.54) is 25.2 Å². The van der Waals surface area contributed by atoms with Gasteiger partial charge in [0.15, 0.2) is 0 Å². The highest BCUT2D eigenvalue weighted by atomic mass is 16.3. The van der Waals surface area contributed by atoms with Gasteiger partial charge in [0, 0.05) is 19.2 Å². The van der Waals surface area contributed by atoms with Crippen molar-refractivity contribution >= 4 is 5.69 Å². The van der Waals surface area contributed by atoms with Crippen LogP contribution in [0.1, 0.15) is 6.42 Å². The van der Waals surface area contributed by atoms with Gasteiger partial charge in [0.05, 0.1) is 19.1 Å². The van der Waals surface area contributed by atoms with Crippen LogP contribution in [0.25, 0.3) is 0 Å². The lowest BCUT2D eigenvalue weighted by molar-refractivity contribution is -0.636. The van der Waals surface area contributed by atoms with Crippen molar-refractivity contribution in [2.45, 2.75) is 12.5 Å². The second-order valence-corrected chi connectivity index (χ2v) is 3.88. The first-order chi connectivity index (χ1) is 6.77. The molecule has 1 heterocycles. The molecule has 3 nitrogen and oxygen atoms in total. The minimum absolute atomic E-state index is 0.333. The van der Waals surface area contributed by atoms with Crippen molar-refractivity contribution in [1.29, 1.82) is 0 Å². The molecule has 1 aliphatic heterocycles. The highest BCUT2D eigenvalue weighted by Gasteiger charge is 2.22. The number of anilines is 1. The van der Waals surface area contributed by atoms with E-state index >= 15 is 0 Å². The highest BCUT2D eigenvalue weighted by Crippen LogP contribution is 2.19. The molecule has 0 bridgehead atoms. The monoisotopic (exact) mass is 193 g/mol. The third-order valence-corrected chi connectivity index (χ3v) is 2.95. The second-order valence-electron chi connectivity index (χ2n) is 3.88. The van der Waals surface area contributed by atoms with E-state index in [4.69, 9.17) is 0 Å². The van der Waals surface area contributed by atoms with Crippen molar-refractivity contribution in [3.8, 4) is 5.75 Å². The highest BCUT2D eigenvalue weighted by molar-refractivity contribution is 5.49. The topological polar surface area (TPSA) is 40.1 Å². The van der Waals surface area contributed by atoms with Crippen molar-refractivity contribution in [3.63, 3.8) is 0 Å². The maximum atomic E-state index is 9.18. The molecule has 1 aromatic rings. The number of nitrogens with two attached hydrogens (primary N) is 1. The Kier molecular flexibility index (Phi) is 2.59. The molecule has 0 aromatic heterocycles. The molecule has 3 heteroatoms. The average Bonchev–Trinajstić information content (AvgIpc) is 2.71. The van der Waals surface area contributed by atoms with Gasteiger partial charge < -0.3 is 15.3 Å². The molecule has 0 saturated carbocycles. The lowest BCUT2D eigenvalue weighted by Crippen LogP contribution is -2.82. The van der Waals surface area contributed by atoms with Crippen LogP contribution in [0.5, 0.6) is 5.75 Å². The SMILES string of the molecule is CN(c1ccc(O)cc1)[C@H]1CC[NH2+]C1. The zero-order valence-corrected chi connectivity index (χ0v) is 8.48. The number of aromatic hydroxyl groups is 1. The Morgan fingerprint density at radius 1 is 1.36 bits per heavy atom. The van der Waals surface area contributed by atoms with Crippen molar-refractivity contribution in [1.82, 2.24) is 0 Å². The second kappa shape index (κ2) is 3.88. The first-order valence-corrected chi connectivity index (χ1v) is 5.11. The normalized spacial score (nSPS) is 21.1. The Bertz CT molecular complexity index is 291. The van der Waals surface area contributed by atoms with Crippen molar-refractivity contribution < 1.29 is 10.4 Å². The summed E-state index contributed by atoms with van der Waals surface area (Å²) in [6.07, 6.45) is 1.25. The van der Waals surface area contributed by atoms with E-state index in [1.54, 1.807) is 12.1 Å². The van der Waals surface area contributed by atoms with Gasteiger partial charge >= 0.3 is 0 Å². The Labute approximate surface area is 84.4 Å². The predicted octanol–water partition coefficient (Wildman–Crippen LogP) is 0.164. The third-order valence-electron chi connectivity index (χ3n) is 2.95. The lowest BCUT2D eigenvalue weighted by Gasteiger charge is -2.24. The largest absolute Gasteiger partial charge is 0.508 e. The summed E-state index contributed by atoms with van der Waals surface area (Å²) in [7, 11) is 2.12. The van der Waals surface area contributed by atoms with Crippen LogP contribution in [0, 0.1) is 0 Å². The maximum Gasteiger partial charge on any atom is 0.115 e. The van der Waals surface area contributed by atoms with Gasteiger partial charge in [-0.25, -0.2) is 0 Å². The Balaban J connectivity index is 2.09. The first-order valence-electron chi connectivity index (χ1n) is 5.11. The van der Waals surface area contributed by atoms with Gasteiger partial charge in [-0.1, -0.05) is 0 Å². The molecule has 0 unspecified atom stereocenters. The fourth-order valence-electron chi connectivity index (χ4n) is 1.99. The zero-order valence-electron chi connectivity index (χ0n) is 8.48. The lowest BCUT2D eigenvalue weighted by atomic mass is 10.2. The van der Waals surface area contributed by atoms with E-state index < -0.39 is 0 Å². The summed E-state index contributed by atoms with van der Waals surface area (Å²) in [5, 5.41) is 11.5. The quantitative estimate of drug-likeness (QED) is 0.702. The van der Waals surface area contributed by atoms with E-state index in [1.807, 2.05) is 12.1 Å². The first kappa shape index (κ1) is 9.34. The Morgan fingerprint density at radius 3 is 2.64 bits per heavy atom. The summed E-state index contributed by atoms with van der Waals surface area (Å²) in [6, 6.07) is 8.05. The molecule has 2 rings (SSSR count). The molecule has 76 valence electrons. The zero-order chi connectivity index (χ0) is 9.97. The number of nitrogens with zero attached hydrogens (tertiary/aromatic N) is 1. The number of phenolic OH excluding ortho intramolecular Hbond substituents is 1. The van der Waals surface area contributed by atoms with Gasteiger partial charge in [-0.2, -0.15) is 0 Å². The summed E-state index contributed by atoms with van der Waals surface area (Å²) in [4.78, 5) is 2.29. The summed E-state index contributed by atoms with van der Waals surface area (Å²) in [6.45, 7) is 2.41. The summed E-state index contributed by atoms with van der Waals surface area (Å²) in [5.41, 5.74) is 1.18. The number of hydrogen-bond donors (Lipinski definition) is 2. The molecule has 0 radical (unpaired) electrons. The molecular weight excluding hydrogens is 176 g/mol. The van der Waals surface area contributed by atoms with Crippen LogP contribution >= 0.6 is 0 Å². The van der Waals surface area contributed by atoms with Crippen molar-refractivity contribution in [2.75, 3.05) is 25.0 Å². The number of likely N-dealkylation sites (N-methyl/N-ethyl adjacent to an activating group) is 1. The smallest absolute Gasteiger partial charge is 0.115 e. The minimum Gasteiger partial charge on any atom is -0.508 e. The molecule has 3 N–H and O–H groups in total. The van der Waals surface area contributed by atoms with Gasteiger partial charge in [-0.15, -0.1) is 0 Å². The van der Waals surface area contributed by atoms with Gasteiger partial charge in [0.2, 0.25) is 0 Å². The van der Waals surface area contributed by atoms with Gasteiger partial charge in [-0.3, -0.25) is 0 Å². The fraction of sp³-hybridized carbons (Fsp3) is 0.455. The molecule has 0 aliphatic carbocycles. The van der Waals surface area contributed by atoms with Crippen LogP contribution in [0.4, 0.5) is 5.69 Å². The molecule has 1 saturated heterocycles. The summed E-state index contributed by atoms with van der Waals surface area (Å²) < 4.78 is 0. The van der Waals surface area contributed by atoms with Gasteiger partial charge in [0.1, 0.15) is 5.75 Å². The average molecular weight is 193 g/mol. The molecule has 0 spiro atoms. The number of rotatable bonds is 2. The number of benzene rings is 1. The number of quaternary nitrogens is 1. The minimum atomic E-state index is 0.333. The van der Waals surface area contributed by atoms with E-state index in [-0.39, 0.29) is 0 Å². The van der Waals surface area contributed by atoms with Crippen LogP contribution < -0.4 is 10.2 Å². The molecule has 1 aromatic carbocycles. The molecule has 1 fully saturated rings. The molecule has 0 amide bonds. The standard InChI is InChI=1S/C11H16N2O/c1-13(10-6-7-12-8-10)9-2-4-11(14)5-3-9/h2-5,10,12,14H,6-8H2,1H3/p+1/t10-/m0/s1. The van der Waals surface area contributed by atoms with Crippen molar-refractivity contribution in [3.05, 3.63) is 24.3 Å². The molecule has 1 aliphatic rings. The van der Waals surface area contributed by atoms with E-state index in [9.17, 15) is 5.11 Å². The van der Waals surface area contributed by atoms with Crippen LogP contribution in [0.3, 0.4) is 0 Å². The van der Waals surface area contributed by atoms with Crippen LogP contribution in [0.2, 0.25) is 0 Å². The third kappa shape index (κ3) is 1.82. The number of phenols is 1. The predicted molar refractivity (Wildman–Crippen MR) is 56.6 cm³/mol. The Morgan fingerprint density at radius 2 is 2.07 bits per heavy atom. The van der Waals surface area contributed by atoms with Crippen LogP contribution in [-0.2, 0) is 0 Å². The van der Waals surface area contributed by atoms with Crippen LogP contribution in [-0.4, -0.2) is 31.3 Å². The van der Waals surface area contributed by atoms with E-state index in [0.717, 1.165) is 0 Å². The molecule has 14 heavy (non-hydrogen) atoms. The molecular formula is C11H17N2O+.